The molecule has 0 bridgehead atoms. The molecule has 36 heavy (non-hydrogen) atoms. The quantitative estimate of drug-likeness (QED) is 0.292. The number of rotatable bonds is 6. The number of hydrogen-bond acceptors (Lipinski definition) is 2. The number of benzene rings is 4. The molecule has 0 aliphatic carbocycles. The Kier molecular flexibility index (Phi) is 6.34. The van der Waals surface area contributed by atoms with Crippen molar-refractivity contribution in [3.8, 4) is 0 Å². The number of amides is 1. The summed E-state index contributed by atoms with van der Waals surface area (Å²) in [6.45, 7) is 4.05. The molecule has 0 saturated heterocycles. The molecule has 4 nitrogen and oxygen atoms in total. The molecule has 0 saturated carbocycles. The Morgan fingerprint density at radius 1 is 0.861 bits per heavy atom. The average molecular weight is 482 g/mol. The van der Waals surface area contributed by atoms with E-state index in [1.54, 1.807) is 24.3 Å². The molecule has 1 atom stereocenters. The van der Waals surface area contributed by atoms with Gasteiger partial charge in [-0.25, -0.2) is 13.8 Å². The SMILES string of the molecule is Cc1cc2nc(Cc3ccc(F)cc3)n([C@H](C(=O)Nc3cccc(F)c3)c3ccccc3)c2cc1C. The lowest BCUT2D eigenvalue weighted by atomic mass is 10.0. The zero-order chi connectivity index (χ0) is 25.2. The molecule has 1 amide bonds. The third kappa shape index (κ3) is 4.75. The Morgan fingerprint density at radius 3 is 2.31 bits per heavy atom. The van der Waals surface area contributed by atoms with E-state index in [-0.39, 0.29) is 11.7 Å². The van der Waals surface area contributed by atoms with Gasteiger partial charge in [0.25, 0.3) is 5.91 Å². The molecular weight excluding hydrogens is 456 g/mol. The largest absolute Gasteiger partial charge is 0.324 e. The number of nitrogens with zero attached hydrogens (tertiary/aromatic N) is 2. The Bertz CT molecular complexity index is 1540. The second-order valence-electron chi connectivity index (χ2n) is 8.94. The van der Waals surface area contributed by atoms with Gasteiger partial charge >= 0.3 is 0 Å². The second-order valence-corrected chi connectivity index (χ2v) is 8.94. The van der Waals surface area contributed by atoms with Crippen molar-refractivity contribution in [2.24, 2.45) is 0 Å². The van der Waals surface area contributed by atoms with Crippen molar-refractivity contribution in [2.45, 2.75) is 26.3 Å². The summed E-state index contributed by atoms with van der Waals surface area (Å²) in [5.41, 5.74) is 5.78. The Labute approximate surface area is 208 Å². The van der Waals surface area contributed by atoms with Crippen molar-refractivity contribution >= 4 is 22.6 Å². The Balaban J connectivity index is 1.69. The lowest BCUT2D eigenvalue weighted by molar-refractivity contribution is -0.118. The maximum absolute atomic E-state index is 13.8. The maximum Gasteiger partial charge on any atom is 0.252 e. The van der Waals surface area contributed by atoms with Gasteiger partial charge in [-0.2, -0.15) is 0 Å². The zero-order valence-corrected chi connectivity index (χ0v) is 20.0. The predicted octanol–water partition coefficient (Wildman–Crippen LogP) is 6.75. The van der Waals surface area contributed by atoms with Crippen LogP contribution in [0.2, 0.25) is 0 Å². The fourth-order valence-corrected chi connectivity index (χ4v) is 4.43. The first-order valence-electron chi connectivity index (χ1n) is 11.7. The van der Waals surface area contributed by atoms with Crippen molar-refractivity contribution < 1.29 is 13.6 Å². The van der Waals surface area contributed by atoms with Gasteiger partial charge in [-0.15, -0.1) is 0 Å². The van der Waals surface area contributed by atoms with Gasteiger partial charge in [-0.3, -0.25) is 4.79 Å². The van der Waals surface area contributed by atoms with Crippen molar-refractivity contribution in [1.82, 2.24) is 9.55 Å². The normalized spacial score (nSPS) is 12.0. The number of carbonyl (C=O) groups is 1. The molecule has 1 heterocycles. The molecular formula is C30H25F2N3O. The van der Waals surface area contributed by atoms with Gasteiger partial charge in [-0.1, -0.05) is 48.5 Å². The van der Waals surface area contributed by atoms with Crippen LogP contribution in [0.1, 0.15) is 34.1 Å². The molecule has 0 spiro atoms. The minimum Gasteiger partial charge on any atom is -0.324 e. The third-order valence-electron chi connectivity index (χ3n) is 6.37. The fraction of sp³-hybridized carbons (Fsp3) is 0.133. The monoisotopic (exact) mass is 481 g/mol. The summed E-state index contributed by atoms with van der Waals surface area (Å²) in [5, 5.41) is 2.88. The molecule has 4 aromatic carbocycles. The lowest BCUT2D eigenvalue weighted by Crippen LogP contribution is -2.28. The van der Waals surface area contributed by atoms with Crippen molar-refractivity contribution in [3.05, 3.63) is 131 Å². The van der Waals surface area contributed by atoms with Gasteiger partial charge in [0.15, 0.2) is 0 Å². The van der Waals surface area contributed by atoms with Crippen LogP contribution in [0.25, 0.3) is 11.0 Å². The molecule has 6 heteroatoms. The molecule has 0 unspecified atom stereocenters. The van der Waals surface area contributed by atoms with Gasteiger partial charge in [0.1, 0.15) is 23.5 Å². The van der Waals surface area contributed by atoms with Crippen molar-refractivity contribution in [2.75, 3.05) is 5.32 Å². The van der Waals surface area contributed by atoms with Crippen LogP contribution in [0, 0.1) is 25.5 Å². The van der Waals surface area contributed by atoms with Gasteiger partial charge in [0.05, 0.1) is 11.0 Å². The molecule has 0 fully saturated rings. The molecule has 180 valence electrons. The Hall–Kier alpha value is -4.32. The van der Waals surface area contributed by atoms with Crippen LogP contribution in [-0.2, 0) is 11.2 Å². The zero-order valence-electron chi connectivity index (χ0n) is 20.0. The maximum atomic E-state index is 13.8. The number of nitrogens with one attached hydrogen (secondary N) is 1. The molecule has 5 aromatic rings. The molecule has 0 radical (unpaired) electrons. The van der Waals surface area contributed by atoms with Crippen LogP contribution in [-0.4, -0.2) is 15.5 Å². The molecule has 5 rings (SSSR count). The molecule has 0 aliphatic heterocycles. The topological polar surface area (TPSA) is 46.9 Å². The van der Waals surface area contributed by atoms with E-state index in [4.69, 9.17) is 4.98 Å². The number of halogens is 2. The van der Waals surface area contributed by atoms with E-state index < -0.39 is 11.9 Å². The summed E-state index contributed by atoms with van der Waals surface area (Å²) in [4.78, 5) is 18.7. The third-order valence-corrected chi connectivity index (χ3v) is 6.37. The predicted molar refractivity (Wildman–Crippen MR) is 138 cm³/mol. The number of imidazole rings is 1. The smallest absolute Gasteiger partial charge is 0.252 e. The number of aromatic nitrogens is 2. The average Bonchev–Trinajstić information content (AvgIpc) is 3.18. The van der Waals surface area contributed by atoms with E-state index in [0.29, 0.717) is 17.9 Å². The number of hydrogen-bond donors (Lipinski definition) is 1. The number of fused-ring (bicyclic) bond motifs is 1. The summed E-state index contributed by atoms with van der Waals surface area (Å²) < 4.78 is 29.3. The van der Waals surface area contributed by atoms with E-state index in [9.17, 15) is 13.6 Å². The molecule has 1 N–H and O–H groups in total. The minimum atomic E-state index is -0.767. The highest BCUT2D eigenvalue weighted by Gasteiger charge is 2.28. The summed E-state index contributed by atoms with van der Waals surface area (Å²) >= 11 is 0. The van der Waals surface area contributed by atoms with Crippen LogP contribution in [0.4, 0.5) is 14.5 Å². The van der Waals surface area contributed by atoms with Crippen molar-refractivity contribution in [3.63, 3.8) is 0 Å². The van der Waals surface area contributed by atoms with Crippen molar-refractivity contribution in [1.29, 1.82) is 0 Å². The van der Waals surface area contributed by atoms with E-state index in [1.165, 1.54) is 24.3 Å². The van der Waals surface area contributed by atoms with Gasteiger partial charge in [0.2, 0.25) is 0 Å². The summed E-state index contributed by atoms with van der Waals surface area (Å²) in [6.07, 6.45) is 0.406. The highest BCUT2D eigenvalue weighted by Crippen LogP contribution is 2.31. The highest BCUT2D eigenvalue weighted by molar-refractivity contribution is 5.97. The number of anilines is 1. The van der Waals surface area contributed by atoms with E-state index in [0.717, 1.165) is 33.3 Å². The van der Waals surface area contributed by atoms with Crippen LogP contribution in [0.5, 0.6) is 0 Å². The van der Waals surface area contributed by atoms with E-state index in [2.05, 4.69) is 5.32 Å². The van der Waals surface area contributed by atoms with Crippen LogP contribution in [0.15, 0.2) is 91.0 Å². The van der Waals surface area contributed by atoms with Gasteiger partial charge in [-0.05, 0) is 78.6 Å². The van der Waals surface area contributed by atoms with Crippen LogP contribution < -0.4 is 5.32 Å². The molecule has 0 aliphatic rings. The Morgan fingerprint density at radius 2 is 1.58 bits per heavy atom. The van der Waals surface area contributed by atoms with Crippen LogP contribution in [0.3, 0.4) is 0 Å². The van der Waals surface area contributed by atoms with E-state index >= 15 is 0 Å². The van der Waals surface area contributed by atoms with E-state index in [1.807, 2.05) is 60.9 Å². The lowest BCUT2D eigenvalue weighted by Gasteiger charge is -2.22. The summed E-state index contributed by atoms with van der Waals surface area (Å²) in [7, 11) is 0. The highest BCUT2D eigenvalue weighted by atomic mass is 19.1. The first-order valence-corrected chi connectivity index (χ1v) is 11.7. The van der Waals surface area contributed by atoms with Gasteiger partial charge < -0.3 is 9.88 Å². The standard InChI is InChI=1S/C30H25F2N3O/c1-19-15-26-27(16-20(19)2)35(28(34-26)17-21-11-13-23(31)14-12-21)29(22-7-4-3-5-8-22)30(36)33-25-10-6-9-24(32)18-25/h3-16,18,29H,17H2,1-2H3,(H,33,36)/t29-/m0/s1. The first-order chi connectivity index (χ1) is 17.4. The first kappa shape index (κ1) is 23.4. The fourth-order valence-electron chi connectivity index (χ4n) is 4.43. The van der Waals surface area contributed by atoms with Gasteiger partial charge in [0, 0.05) is 12.1 Å². The second kappa shape index (κ2) is 9.74. The molecule has 1 aromatic heterocycles. The minimum absolute atomic E-state index is 0.310. The number of carbonyl (C=O) groups excluding carboxylic acids is 1. The summed E-state index contributed by atoms with van der Waals surface area (Å²) in [5.74, 6) is -0.384. The number of aryl methyl sites for hydroxylation is 2. The summed E-state index contributed by atoms with van der Waals surface area (Å²) in [6, 6.07) is 24.8. The van der Waals surface area contributed by atoms with Crippen LogP contribution >= 0.6 is 0 Å².